The van der Waals surface area contributed by atoms with E-state index in [2.05, 4.69) is 19.0 Å². The van der Waals surface area contributed by atoms with Crippen molar-refractivity contribution in [2.75, 3.05) is 34.4 Å². The third-order valence-electron chi connectivity index (χ3n) is 6.40. The van der Waals surface area contributed by atoms with Crippen molar-refractivity contribution in [1.82, 2.24) is 9.21 Å². The van der Waals surface area contributed by atoms with Crippen LogP contribution in [0.2, 0.25) is 0 Å². The molecule has 0 spiro atoms. The van der Waals surface area contributed by atoms with Crippen molar-refractivity contribution in [2.24, 2.45) is 11.8 Å². The second-order valence-corrected chi connectivity index (χ2v) is 10.1. The summed E-state index contributed by atoms with van der Waals surface area (Å²) in [6.07, 6.45) is 4.31. The van der Waals surface area contributed by atoms with Crippen LogP contribution < -0.4 is 9.47 Å². The Bertz CT molecular complexity index is 766. The van der Waals surface area contributed by atoms with Gasteiger partial charge in [0, 0.05) is 25.2 Å². The average molecular weight is 381 g/mol. The maximum absolute atomic E-state index is 13.1. The highest BCUT2D eigenvalue weighted by Crippen LogP contribution is 2.47. The van der Waals surface area contributed by atoms with E-state index in [-0.39, 0.29) is 10.9 Å². The third kappa shape index (κ3) is 3.10. The molecule has 4 atom stereocenters. The number of benzene rings is 1. The molecule has 1 aromatic carbocycles. The minimum Gasteiger partial charge on any atom is -0.486 e. The van der Waals surface area contributed by atoms with Crippen molar-refractivity contribution in [2.45, 2.75) is 42.7 Å². The maximum Gasteiger partial charge on any atom is 0.243 e. The van der Waals surface area contributed by atoms with Gasteiger partial charge < -0.3 is 14.4 Å². The first-order valence-corrected chi connectivity index (χ1v) is 10.8. The van der Waals surface area contributed by atoms with Gasteiger partial charge in [-0.05, 0) is 63.7 Å². The third-order valence-corrected chi connectivity index (χ3v) is 8.31. The van der Waals surface area contributed by atoms with E-state index in [0.717, 1.165) is 12.8 Å². The Morgan fingerprint density at radius 1 is 0.885 bits per heavy atom. The number of rotatable bonds is 4. The van der Waals surface area contributed by atoms with Crippen molar-refractivity contribution < 1.29 is 17.9 Å². The van der Waals surface area contributed by atoms with Crippen molar-refractivity contribution in [3.05, 3.63) is 18.2 Å². The van der Waals surface area contributed by atoms with Gasteiger partial charge in [-0.25, -0.2) is 8.42 Å². The standard InChI is InChI=1S/C19H28N2O4S/c1-20(2)15-8-13-10-16(11-14(13)9-15)21(3)26(22,23)17-4-5-18-19(12-17)25-7-6-24-18/h4-5,12-16H,6-11H2,1-3H3/t13-,14+,15?,16?. The van der Waals surface area contributed by atoms with Gasteiger partial charge in [0.15, 0.2) is 11.5 Å². The summed E-state index contributed by atoms with van der Waals surface area (Å²) >= 11 is 0. The number of hydrogen-bond acceptors (Lipinski definition) is 5. The molecule has 6 nitrogen and oxygen atoms in total. The van der Waals surface area contributed by atoms with Gasteiger partial charge in [-0.15, -0.1) is 0 Å². The molecule has 0 radical (unpaired) electrons. The molecule has 2 saturated carbocycles. The van der Waals surface area contributed by atoms with Gasteiger partial charge in [-0.1, -0.05) is 0 Å². The van der Waals surface area contributed by atoms with Gasteiger partial charge in [0.25, 0.3) is 0 Å². The van der Waals surface area contributed by atoms with Crippen molar-refractivity contribution >= 4 is 10.0 Å². The van der Waals surface area contributed by atoms with E-state index in [1.54, 1.807) is 29.6 Å². The quantitative estimate of drug-likeness (QED) is 0.801. The molecule has 2 unspecified atom stereocenters. The summed E-state index contributed by atoms with van der Waals surface area (Å²) in [5.74, 6) is 2.42. The summed E-state index contributed by atoms with van der Waals surface area (Å²) in [5.41, 5.74) is 0. The largest absolute Gasteiger partial charge is 0.486 e. The van der Waals surface area contributed by atoms with Crippen LogP contribution in [0.4, 0.5) is 0 Å². The van der Waals surface area contributed by atoms with Crippen LogP contribution in [0, 0.1) is 11.8 Å². The highest BCUT2D eigenvalue weighted by molar-refractivity contribution is 7.89. The smallest absolute Gasteiger partial charge is 0.243 e. The molecular weight excluding hydrogens is 352 g/mol. The Labute approximate surface area is 156 Å². The molecule has 1 aliphatic heterocycles. The Kier molecular flexibility index (Phi) is 4.65. The van der Waals surface area contributed by atoms with Crippen LogP contribution in [0.15, 0.2) is 23.1 Å². The van der Waals surface area contributed by atoms with Crippen molar-refractivity contribution in [1.29, 1.82) is 0 Å². The molecular formula is C19H28N2O4S. The van der Waals surface area contributed by atoms with Crippen LogP contribution >= 0.6 is 0 Å². The molecule has 7 heteroatoms. The molecule has 0 amide bonds. The summed E-state index contributed by atoms with van der Waals surface area (Å²) in [7, 11) is 2.48. The Balaban J connectivity index is 1.49. The SMILES string of the molecule is CN(C)C1C[C@@H]2CC(N(C)S(=O)(=O)c3ccc4c(c3)OCCO4)C[C@@H]2C1. The molecule has 26 heavy (non-hydrogen) atoms. The van der Waals surface area contributed by atoms with E-state index in [1.807, 2.05) is 0 Å². The molecule has 1 heterocycles. The first-order valence-electron chi connectivity index (χ1n) is 9.40. The lowest BCUT2D eigenvalue weighted by atomic mass is 10.0. The fourth-order valence-corrected chi connectivity index (χ4v) is 6.21. The fourth-order valence-electron chi connectivity index (χ4n) is 4.82. The summed E-state index contributed by atoms with van der Waals surface area (Å²) < 4.78 is 38.9. The van der Waals surface area contributed by atoms with Gasteiger partial charge in [0.1, 0.15) is 13.2 Å². The van der Waals surface area contributed by atoms with E-state index in [4.69, 9.17) is 9.47 Å². The Hall–Kier alpha value is -1.31. The van der Waals surface area contributed by atoms with Crippen LogP contribution in [0.5, 0.6) is 11.5 Å². The molecule has 3 aliphatic rings. The van der Waals surface area contributed by atoms with Crippen LogP contribution in [0.1, 0.15) is 25.7 Å². The number of nitrogens with zero attached hydrogens (tertiary/aromatic N) is 2. The molecule has 0 bridgehead atoms. The lowest BCUT2D eigenvalue weighted by Crippen LogP contribution is -2.36. The van der Waals surface area contributed by atoms with E-state index in [9.17, 15) is 8.42 Å². The molecule has 2 fully saturated rings. The minimum atomic E-state index is -3.53. The highest BCUT2D eigenvalue weighted by atomic mass is 32.2. The summed E-state index contributed by atoms with van der Waals surface area (Å²) in [5, 5.41) is 0. The predicted octanol–water partition coefficient (Wildman–Crippen LogP) is 2.20. The summed E-state index contributed by atoms with van der Waals surface area (Å²) in [4.78, 5) is 2.59. The van der Waals surface area contributed by atoms with Gasteiger partial charge >= 0.3 is 0 Å². The van der Waals surface area contributed by atoms with E-state index in [0.29, 0.717) is 42.6 Å². The van der Waals surface area contributed by atoms with Crippen molar-refractivity contribution in [3.8, 4) is 11.5 Å². The number of fused-ring (bicyclic) bond motifs is 2. The molecule has 2 aliphatic carbocycles. The second kappa shape index (κ2) is 6.69. The summed E-state index contributed by atoms with van der Waals surface area (Å²) in [6, 6.07) is 5.65. The number of hydrogen-bond donors (Lipinski definition) is 0. The lowest BCUT2D eigenvalue weighted by Gasteiger charge is -2.27. The molecule has 144 valence electrons. The molecule has 0 saturated heterocycles. The monoisotopic (exact) mass is 380 g/mol. The van der Waals surface area contributed by atoms with E-state index >= 15 is 0 Å². The zero-order valence-corrected chi connectivity index (χ0v) is 16.5. The second-order valence-electron chi connectivity index (χ2n) is 8.06. The zero-order chi connectivity index (χ0) is 18.5. The zero-order valence-electron chi connectivity index (χ0n) is 15.7. The van der Waals surface area contributed by atoms with Gasteiger partial charge in [-0.2, -0.15) is 4.31 Å². The average Bonchev–Trinajstić information content (AvgIpc) is 3.19. The van der Waals surface area contributed by atoms with E-state index < -0.39 is 10.0 Å². The number of sulfonamides is 1. The van der Waals surface area contributed by atoms with Crippen LogP contribution in [0.25, 0.3) is 0 Å². The molecule has 4 rings (SSSR count). The lowest BCUT2D eigenvalue weighted by molar-refractivity contribution is 0.171. The Morgan fingerprint density at radius 3 is 2.08 bits per heavy atom. The first-order chi connectivity index (χ1) is 12.4. The van der Waals surface area contributed by atoms with Gasteiger partial charge in [0.05, 0.1) is 4.90 Å². The summed E-state index contributed by atoms with van der Waals surface area (Å²) in [6.45, 7) is 0.948. The number of ether oxygens (including phenoxy) is 2. The van der Waals surface area contributed by atoms with Gasteiger partial charge in [-0.3, -0.25) is 0 Å². The van der Waals surface area contributed by atoms with Crippen LogP contribution in [0.3, 0.4) is 0 Å². The van der Waals surface area contributed by atoms with Crippen LogP contribution in [-0.4, -0.2) is 64.1 Å². The minimum absolute atomic E-state index is 0.0892. The van der Waals surface area contributed by atoms with Crippen LogP contribution in [-0.2, 0) is 10.0 Å². The van der Waals surface area contributed by atoms with Crippen molar-refractivity contribution in [3.63, 3.8) is 0 Å². The van der Waals surface area contributed by atoms with E-state index in [1.165, 1.54) is 12.8 Å². The first kappa shape index (κ1) is 18.1. The molecule has 0 N–H and O–H groups in total. The topological polar surface area (TPSA) is 59.1 Å². The highest BCUT2D eigenvalue weighted by Gasteiger charge is 2.45. The van der Waals surface area contributed by atoms with Gasteiger partial charge in [0.2, 0.25) is 10.0 Å². The maximum atomic E-state index is 13.1. The normalized spacial score (nSPS) is 30.8. The Morgan fingerprint density at radius 2 is 1.46 bits per heavy atom. The molecule has 0 aromatic heterocycles. The fraction of sp³-hybridized carbons (Fsp3) is 0.684. The predicted molar refractivity (Wildman–Crippen MR) is 99.1 cm³/mol. The molecule has 1 aromatic rings.